The van der Waals surface area contributed by atoms with Gasteiger partial charge in [0.15, 0.2) is 5.78 Å². The van der Waals surface area contributed by atoms with Crippen molar-refractivity contribution < 1.29 is 37.7 Å². The zero-order valence-corrected chi connectivity index (χ0v) is 16.4. The van der Waals surface area contributed by atoms with E-state index in [1.54, 1.807) is 0 Å². The molecule has 0 aliphatic heterocycles. The van der Waals surface area contributed by atoms with Crippen molar-refractivity contribution in [2.75, 3.05) is 47.9 Å². The van der Waals surface area contributed by atoms with Gasteiger partial charge in [-0.15, -0.1) is 0 Å². The number of carbonyl (C=O) groups is 3. The van der Waals surface area contributed by atoms with Crippen LogP contribution in [0.1, 0.15) is 12.8 Å². The summed E-state index contributed by atoms with van der Waals surface area (Å²) in [5, 5.41) is 16.9. The number of hydrogen-bond donors (Lipinski definition) is 2. The van der Waals surface area contributed by atoms with Crippen LogP contribution in [0.15, 0.2) is 0 Å². The summed E-state index contributed by atoms with van der Waals surface area (Å²) in [4.78, 5) is 30.5. The molecule has 0 bridgehead atoms. The van der Waals surface area contributed by atoms with E-state index in [-0.39, 0.29) is 12.8 Å². The molecule has 154 valence electrons. The molecule has 0 aliphatic carbocycles. The number of halogens is 2. The lowest BCUT2D eigenvalue weighted by Gasteiger charge is -2.42. The summed E-state index contributed by atoms with van der Waals surface area (Å²) < 4.78 is 33.1. The molecule has 0 rings (SSSR count). The third-order valence-electron chi connectivity index (χ3n) is 3.48. The summed E-state index contributed by atoms with van der Waals surface area (Å²) >= 11 is 0.857. The SMILES string of the molecule is CNC(CC(=O)OC)C(=O)CF.CNC(CC(=O)OC)C([O-])(CF)SC. The van der Waals surface area contributed by atoms with Gasteiger partial charge in [-0.25, -0.2) is 4.39 Å². The molecule has 0 spiro atoms. The molecule has 26 heavy (non-hydrogen) atoms. The predicted molar refractivity (Wildman–Crippen MR) is 92.2 cm³/mol. The molecule has 0 saturated carbocycles. The van der Waals surface area contributed by atoms with Crippen LogP contribution < -0.4 is 15.7 Å². The number of carbonyl (C=O) groups excluding carboxylic acids is 3. The maximum absolute atomic E-state index is 12.5. The minimum absolute atomic E-state index is 0.124. The summed E-state index contributed by atoms with van der Waals surface area (Å²) in [7, 11) is 5.46. The molecule has 3 atom stereocenters. The maximum atomic E-state index is 12.5. The van der Waals surface area contributed by atoms with Gasteiger partial charge in [0.05, 0.1) is 39.8 Å². The predicted octanol–water partition coefficient (Wildman–Crippen LogP) is -0.797. The first kappa shape index (κ1) is 26.9. The second-order valence-electron chi connectivity index (χ2n) is 4.99. The summed E-state index contributed by atoms with van der Waals surface area (Å²) in [6, 6.07) is -1.54. The second-order valence-corrected chi connectivity index (χ2v) is 6.09. The van der Waals surface area contributed by atoms with Crippen LogP contribution in [0.2, 0.25) is 0 Å². The number of ketones is 1. The Morgan fingerprint density at radius 2 is 1.58 bits per heavy atom. The molecule has 0 amide bonds. The van der Waals surface area contributed by atoms with E-state index in [0.717, 1.165) is 11.8 Å². The molecule has 0 fully saturated rings. The molecule has 2 N–H and O–H groups in total. The van der Waals surface area contributed by atoms with Crippen molar-refractivity contribution in [2.45, 2.75) is 29.9 Å². The van der Waals surface area contributed by atoms with Gasteiger partial charge in [0.2, 0.25) is 0 Å². The number of methoxy groups -OCH3 is 2. The van der Waals surface area contributed by atoms with E-state index in [1.807, 2.05) is 0 Å². The van der Waals surface area contributed by atoms with Crippen molar-refractivity contribution in [3.05, 3.63) is 0 Å². The van der Waals surface area contributed by atoms with E-state index in [4.69, 9.17) is 0 Å². The minimum Gasteiger partial charge on any atom is -0.838 e. The quantitative estimate of drug-likeness (QED) is 0.339. The van der Waals surface area contributed by atoms with Gasteiger partial charge in [-0.1, -0.05) is 0 Å². The third kappa shape index (κ3) is 10.00. The van der Waals surface area contributed by atoms with Crippen molar-refractivity contribution in [1.82, 2.24) is 10.6 Å². The first-order valence-electron chi connectivity index (χ1n) is 7.57. The van der Waals surface area contributed by atoms with Gasteiger partial charge in [0.25, 0.3) is 0 Å². The molecular formula is C15H27F2N2O6S-. The highest BCUT2D eigenvalue weighted by atomic mass is 32.2. The standard InChI is InChI=1S/C8H15FNO3S.C7H12FNO3/c1-10-6(4-7(11)13-2)8(12,5-9)14-3;1-9-5(6(10)4-8)3-7(11)12-2/h6,10H,4-5H2,1-3H3;5,9H,3-4H2,1-2H3/q-1;. The topological polar surface area (TPSA) is 117 Å². The molecule has 3 unspecified atom stereocenters. The molecule has 8 nitrogen and oxygen atoms in total. The number of nitrogens with one attached hydrogen (secondary N) is 2. The van der Waals surface area contributed by atoms with Crippen molar-refractivity contribution >= 4 is 29.5 Å². The first-order valence-corrected chi connectivity index (χ1v) is 8.80. The van der Waals surface area contributed by atoms with E-state index in [1.165, 1.54) is 34.6 Å². The van der Waals surface area contributed by atoms with Crippen LogP contribution in [0.3, 0.4) is 0 Å². The van der Waals surface area contributed by atoms with Gasteiger partial charge >= 0.3 is 11.9 Å². The van der Waals surface area contributed by atoms with E-state index in [9.17, 15) is 28.3 Å². The lowest BCUT2D eigenvalue weighted by Crippen LogP contribution is -2.58. The van der Waals surface area contributed by atoms with E-state index in [0.29, 0.717) is 0 Å². The number of Topliss-reactive ketones (excluding diaryl/α,β-unsaturated/α-hetero) is 1. The summed E-state index contributed by atoms with van der Waals surface area (Å²) in [5.41, 5.74) is 0. The Morgan fingerprint density at radius 3 is 1.88 bits per heavy atom. The average Bonchev–Trinajstić information content (AvgIpc) is 2.68. The van der Waals surface area contributed by atoms with Crippen LogP contribution in [0.4, 0.5) is 8.78 Å². The van der Waals surface area contributed by atoms with Crippen molar-refractivity contribution in [3.8, 4) is 0 Å². The van der Waals surface area contributed by atoms with E-state index in [2.05, 4.69) is 20.1 Å². The number of ether oxygens (including phenoxy) is 2. The van der Waals surface area contributed by atoms with Crippen LogP contribution in [0.5, 0.6) is 0 Å². The van der Waals surface area contributed by atoms with Crippen molar-refractivity contribution in [3.63, 3.8) is 0 Å². The fourth-order valence-corrected chi connectivity index (χ4v) is 2.33. The van der Waals surface area contributed by atoms with Crippen LogP contribution >= 0.6 is 11.8 Å². The maximum Gasteiger partial charge on any atom is 0.307 e. The Labute approximate surface area is 156 Å². The fourth-order valence-electron chi connectivity index (χ4n) is 1.74. The summed E-state index contributed by atoms with van der Waals surface area (Å²) in [6.45, 7) is -2.10. The molecule has 0 aliphatic rings. The van der Waals surface area contributed by atoms with Crippen molar-refractivity contribution in [2.24, 2.45) is 0 Å². The van der Waals surface area contributed by atoms with Gasteiger partial charge in [0.1, 0.15) is 6.67 Å². The zero-order chi connectivity index (χ0) is 20.8. The molecule has 0 radical (unpaired) electrons. The fraction of sp³-hybridized carbons (Fsp3) is 0.800. The van der Waals surface area contributed by atoms with Gasteiger partial charge < -0.3 is 25.2 Å². The minimum atomic E-state index is -1.83. The molecule has 11 heteroatoms. The Bertz CT molecular complexity index is 438. The van der Waals surface area contributed by atoms with Crippen LogP contribution in [0.25, 0.3) is 0 Å². The van der Waals surface area contributed by atoms with Crippen LogP contribution in [0, 0.1) is 0 Å². The first-order chi connectivity index (χ1) is 12.2. The number of esters is 2. The number of thioether (sulfide) groups is 1. The second kappa shape index (κ2) is 14.8. The average molecular weight is 401 g/mol. The lowest BCUT2D eigenvalue weighted by atomic mass is 10.1. The monoisotopic (exact) mass is 401 g/mol. The van der Waals surface area contributed by atoms with Crippen molar-refractivity contribution in [1.29, 1.82) is 0 Å². The zero-order valence-electron chi connectivity index (χ0n) is 15.6. The molecule has 0 heterocycles. The number of rotatable bonds is 11. The van der Waals surface area contributed by atoms with Gasteiger partial charge in [-0.05, 0) is 25.3 Å². The highest BCUT2D eigenvalue weighted by Gasteiger charge is 2.28. The van der Waals surface area contributed by atoms with Gasteiger partial charge in [-0.3, -0.25) is 18.8 Å². The normalized spacial score (nSPS) is 14.9. The van der Waals surface area contributed by atoms with Gasteiger partial charge in [-0.2, -0.15) is 11.8 Å². The summed E-state index contributed by atoms with van der Waals surface area (Å²) in [6.07, 6.45) is 1.27. The Balaban J connectivity index is 0. The molecule has 0 aromatic carbocycles. The lowest BCUT2D eigenvalue weighted by molar-refractivity contribution is -0.447. The largest absolute Gasteiger partial charge is 0.838 e. The van der Waals surface area contributed by atoms with E-state index < -0.39 is 48.1 Å². The van der Waals surface area contributed by atoms with Gasteiger partial charge in [0, 0.05) is 6.04 Å². The third-order valence-corrected chi connectivity index (χ3v) is 4.56. The molecule has 0 aromatic rings. The van der Waals surface area contributed by atoms with Crippen LogP contribution in [-0.4, -0.2) is 82.7 Å². The Kier molecular flexibility index (Phi) is 15.4. The molecule has 0 aromatic heterocycles. The number of hydrogen-bond acceptors (Lipinski definition) is 9. The number of alkyl halides is 2. The molecule has 0 saturated heterocycles. The van der Waals surface area contributed by atoms with Crippen LogP contribution in [-0.2, 0) is 23.9 Å². The van der Waals surface area contributed by atoms with E-state index >= 15 is 0 Å². The Morgan fingerprint density at radius 1 is 1.08 bits per heavy atom. The summed E-state index contributed by atoms with van der Waals surface area (Å²) in [5.74, 6) is -1.69. The highest BCUT2D eigenvalue weighted by molar-refractivity contribution is 7.99. The Hall–Kier alpha value is -1.30. The number of likely N-dealkylation sites (N-methyl/N-ethyl adjacent to an activating group) is 2. The molecular weight excluding hydrogens is 374 g/mol. The smallest absolute Gasteiger partial charge is 0.307 e. The highest BCUT2D eigenvalue weighted by Crippen LogP contribution is 2.23.